The SMILES string of the molecule is COc1ccc([C@H](O)[C@H](C)P(=O)(c2ccccc2)c2ccccc2)cc1. The Labute approximate surface area is 154 Å². The Balaban J connectivity index is 2.05. The van der Waals surface area contributed by atoms with E-state index in [-0.39, 0.29) is 0 Å². The maximum atomic E-state index is 14.3. The fourth-order valence-electron chi connectivity index (χ4n) is 3.20. The molecule has 0 fully saturated rings. The van der Waals surface area contributed by atoms with Crippen molar-refractivity contribution in [1.82, 2.24) is 0 Å². The molecule has 1 N–H and O–H groups in total. The molecule has 4 heteroatoms. The molecular weight excluding hydrogens is 343 g/mol. The number of methoxy groups -OCH3 is 1. The van der Waals surface area contributed by atoms with Crippen molar-refractivity contribution in [1.29, 1.82) is 0 Å². The van der Waals surface area contributed by atoms with Gasteiger partial charge in [-0.05, 0) is 17.7 Å². The lowest BCUT2D eigenvalue weighted by molar-refractivity contribution is 0.176. The van der Waals surface area contributed by atoms with Gasteiger partial charge in [-0.25, -0.2) is 0 Å². The minimum atomic E-state index is -3.04. The zero-order valence-electron chi connectivity index (χ0n) is 14.9. The van der Waals surface area contributed by atoms with Gasteiger partial charge < -0.3 is 14.4 Å². The predicted octanol–water partition coefficient (Wildman–Crippen LogP) is 4.13. The summed E-state index contributed by atoms with van der Waals surface area (Å²) in [5.74, 6) is 0.725. The van der Waals surface area contributed by atoms with Gasteiger partial charge in [-0.15, -0.1) is 0 Å². The lowest BCUT2D eigenvalue weighted by Gasteiger charge is -2.29. The fourth-order valence-corrected chi connectivity index (χ4v) is 6.24. The molecule has 26 heavy (non-hydrogen) atoms. The Morgan fingerprint density at radius 3 is 1.69 bits per heavy atom. The summed E-state index contributed by atoms with van der Waals surface area (Å²) >= 11 is 0. The van der Waals surface area contributed by atoms with E-state index in [1.165, 1.54) is 0 Å². The highest BCUT2D eigenvalue weighted by Crippen LogP contribution is 2.52. The van der Waals surface area contributed by atoms with Gasteiger partial charge >= 0.3 is 0 Å². The van der Waals surface area contributed by atoms with E-state index >= 15 is 0 Å². The molecule has 0 saturated carbocycles. The molecule has 3 aromatic rings. The van der Waals surface area contributed by atoms with E-state index in [1.807, 2.05) is 79.7 Å². The first-order chi connectivity index (χ1) is 12.6. The normalized spacial score (nSPS) is 13.8. The average Bonchev–Trinajstić information content (AvgIpc) is 2.73. The molecule has 0 aromatic heterocycles. The number of benzene rings is 3. The Kier molecular flexibility index (Phi) is 5.61. The number of hydrogen-bond donors (Lipinski definition) is 1. The number of aliphatic hydroxyl groups is 1. The molecule has 0 spiro atoms. The Bertz CT molecular complexity index is 833. The van der Waals surface area contributed by atoms with Gasteiger partial charge in [-0.2, -0.15) is 0 Å². The average molecular weight is 366 g/mol. The van der Waals surface area contributed by atoms with Crippen molar-refractivity contribution in [2.75, 3.05) is 7.11 Å². The Morgan fingerprint density at radius 1 is 0.808 bits per heavy atom. The summed E-state index contributed by atoms with van der Waals surface area (Å²) in [4.78, 5) is 0. The second kappa shape index (κ2) is 7.90. The van der Waals surface area contributed by atoms with E-state index in [2.05, 4.69) is 0 Å². The van der Waals surface area contributed by atoms with Crippen LogP contribution in [0.5, 0.6) is 5.75 Å². The molecule has 3 rings (SSSR count). The smallest absolute Gasteiger partial charge is 0.148 e. The Hall–Kier alpha value is -2.35. The Morgan fingerprint density at radius 2 is 1.27 bits per heavy atom. The van der Waals surface area contributed by atoms with Crippen LogP contribution in [0, 0.1) is 0 Å². The molecule has 0 radical (unpaired) electrons. The zero-order valence-corrected chi connectivity index (χ0v) is 15.8. The van der Waals surface area contributed by atoms with Gasteiger partial charge in [0.1, 0.15) is 12.9 Å². The monoisotopic (exact) mass is 366 g/mol. The topological polar surface area (TPSA) is 46.5 Å². The minimum Gasteiger partial charge on any atom is -0.497 e. The minimum absolute atomic E-state index is 0.472. The highest BCUT2D eigenvalue weighted by Gasteiger charge is 2.38. The number of hydrogen-bond acceptors (Lipinski definition) is 3. The molecular formula is C22H23O3P. The van der Waals surface area contributed by atoms with Gasteiger partial charge in [0.15, 0.2) is 0 Å². The maximum absolute atomic E-state index is 14.3. The third-order valence-electron chi connectivity index (χ3n) is 4.77. The lowest BCUT2D eigenvalue weighted by Crippen LogP contribution is -2.28. The molecule has 0 aliphatic carbocycles. The van der Waals surface area contributed by atoms with Gasteiger partial charge in [-0.1, -0.05) is 79.7 Å². The van der Waals surface area contributed by atoms with Gasteiger partial charge in [-0.3, -0.25) is 0 Å². The van der Waals surface area contributed by atoms with Crippen LogP contribution in [0.25, 0.3) is 0 Å². The third kappa shape index (κ3) is 3.46. The summed E-state index contributed by atoms with van der Waals surface area (Å²) in [5, 5.41) is 12.5. The van der Waals surface area contributed by atoms with E-state index < -0.39 is 18.9 Å². The third-order valence-corrected chi connectivity index (χ3v) is 8.33. The molecule has 134 valence electrons. The van der Waals surface area contributed by atoms with Gasteiger partial charge in [0.05, 0.1) is 13.2 Å². The van der Waals surface area contributed by atoms with Crippen LogP contribution in [-0.4, -0.2) is 17.9 Å². The maximum Gasteiger partial charge on any atom is 0.148 e. The summed E-state index contributed by atoms with van der Waals surface area (Å²) < 4.78 is 19.4. The molecule has 0 amide bonds. The van der Waals surface area contributed by atoms with Crippen molar-refractivity contribution in [3.05, 3.63) is 90.5 Å². The van der Waals surface area contributed by atoms with Gasteiger partial charge in [0, 0.05) is 16.3 Å². The standard InChI is InChI=1S/C22H23O3P/c1-17(22(23)18-13-15-19(25-2)16-14-18)26(24,20-9-5-3-6-10-20)21-11-7-4-8-12-21/h3-17,22-23H,1-2H3/t17-,22+/m0/s1. The predicted molar refractivity (Wildman–Crippen MR) is 107 cm³/mol. The van der Waals surface area contributed by atoms with E-state index in [0.717, 1.165) is 21.9 Å². The largest absolute Gasteiger partial charge is 0.497 e. The summed E-state index contributed by atoms with van der Waals surface area (Å²) in [6.07, 6.45) is -0.854. The number of aliphatic hydroxyl groups excluding tert-OH is 1. The van der Waals surface area contributed by atoms with Crippen LogP contribution in [-0.2, 0) is 4.57 Å². The van der Waals surface area contributed by atoms with Crippen LogP contribution < -0.4 is 15.3 Å². The summed E-state index contributed by atoms with van der Waals surface area (Å²) in [6, 6.07) is 26.1. The summed E-state index contributed by atoms with van der Waals surface area (Å²) in [6.45, 7) is 1.86. The zero-order chi connectivity index (χ0) is 18.6. The molecule has 0 unspecified atom stereocenters. The van der Waals surface area contributed by atoms with Crippen LogP contribution in [0.3, 0.4) is 0 Å². The summed E-state index contributed by atoms with van der Waals surface area (Å²) in [7, 11) is -1.43. The molecule has 0 heterocycles. The molecule has 3 aromatic carbocycles. The van der Waals surface area contributed by atoms with Crippen molar-refractivity contribution in [2.45, 2.75) is 18.7 Å². The molecule has 3 nitrogen and oxygen atoms in total. The van der Waals surface area contributed by atoms with Crippen LogP contribution in [0.15, 0.2) is 84.9 Å². The van der Waals surface area contributed by atoms with Gasteiger partial charge in [0.25, 0.3) is 0 Å². The van der Waals surface area contributed by atoms with E-state index in [9.17, 15) is 9.67 Å². The van der Waals surface area contributed by atoms with Crippen molar-refractivity contribution in [2.24, 2.45) is 0 Å². The first-order valence-electron chi connectivity index (χ1n) is 8.60. The fraction of sp³-hybridized carbons (Fsp3) is 0.182. The van der Waals surface area contributed by atoms with Crippen molar-refractivity contribution in [3.63, 3.8) is 0 Å². The number of rotatable bonds is 6. The van der Waals surface area contributed by atoms with Crippen molar-refractivity contribution < 1.29 is 14.4 Å². The highest BCUT2D eigenvalue weighted by molar-refractivity contribution is 7.79. The lowest BCUT2D eigenvalue weighted by atomic mass is 10.1. The van der Waals surface area contributed by atoms with Crippen LogP contribution in [0.1, 0.15) is 18.6 Å². The number of ether oxygens (including phenoxy) is 1. The van der Waals surface area contributed by atoms with E-state index in [4.69, 9.17) is 4.74 Å². The molecule has 0 aliphatic rings. The van der Waals surface area contributed by atoms with Crippen LogP contribution >= 0.6 is 7.14 Å². The quantitative estimate of drug-likeness (QED) is 0.667. The summed E-state index contributed by atoms with van der Waals surface area (Å²) in [5.41, 5.74) is 0.256. The second-order valence-corrected chi connectivity index (χ2v) is 9.45. The molecule has 0 saturated heterocycles. The van der Waals surface area contributed by atoms with E-state index in [0.29, 0.717) is 0 Å². The van der Waals surface area contributed by atoms with Crippen molar-refractivity contribution in [3.8, 4) is 5.75 Å². The first-order valence-corrected chi connectivity index (χ1v) is 10.4. The molecule has 2 atom stereocenters. The van der Waals surface area contributed by atoms with Gasteiger partial charge in [0.2, 0.25) is 0 Å². The van der Waals surface area contributed by atoms with Crippen LogP contribution in [0.2, 0.25) is 0 Å². The second-order valence-electron chi connectivity index (χ2n) is 6.29. The molecule has 0 aliphatic heterocycles. The van der Waals surface area contributed by atoms with E-state index in [1.54, 1.807) is 19.2 Å². The highest BCUT2D eigenvalue weighted by atomic mass is 31.2. The van der Waals surface area contributed by atoms with Crippen LogP contribution in [0.4, 0.5) is 0 Å². The first kappa shape index (κ1) is 18.4. The van der Waals surface area contributed by atoms with Crippen molar-refractivity contribution >= 4 is 17.8 Å². The molecule has 0 bridgehead atoms.